The second kappa shape index (κ2) is 9.50. The number of ether oxygens (including phenoxy) is 2. The van der Waals surface area contributed by atoms with E-state index in [1.807, 2.05) is 13.4 Å². The number of allylic oxidation sites excluding steroid dienone is 1. The van der Waals surface area contributed by atoms with Crippen LogP contribution in [-0.2, 0) is 9.47 Å². The third-order valence-electron chi connectivity index (χ3n) is 5.61. The molecule has 0 aromatic carbocycles. The Labute approximate surface area is 131 Å². The first-order valence-electron chi connectivity index (χ1n) is 9.09. The molecule has 0 saturated heterocycles. The van der Waals surface area contributed by atoms with Crippen LogP contribution >= 0.6 is 0 Å². The monoisotopic (exact) mass is 294 g/mol. The summed E-state index contributed by atoms with van der Waals surface area (Å²) in [6, 6.07) is 0. The van der Waals surface area contributed by atoms with Crippen molar-refractivity contribution in [2.75, 3.05) is 20.3 Å². The lowest BCUT2D eigenvalue weighted by atomic mass is 9.69. The summed E-state index contributed by atoms with van der Waals surface area (Å²) >= 11 is 0. The summed E-state index contributed by atoms with van der Waals surface area (Å²) in [6.07, 6.45) is 16.4. The summed E-state index contributed by atoms with van der Waals surface area (Å²) in [5.41, 5.74) is 0. The van der Waals surface area contributed by atoms with Gasteiger partial charge in [-0.1, -0.05) is 13.0 Å². The van der Waals surface area contributed by atoms with Crippen LogP contribution in [0.1, 0.15) is 64.7 Å². The van der Waals surface area contributed by atoms with Crippen molar-refractivity contribution >= 4 is 0 Å². The molecule has 0 aliphatic heterocycles. The lowest BCUT2D eigenvalue weighted by Gasteiger charge is -2.37. The average molecular weight is 294 g/mol. The third kappa shape index (κ3) is 5.65. The normalized spacial score (nSPS) is 34.2. The van der Waals surface area contributed by atoms with Gasteiger partial charge in [-0.15, -0.1) is 0 Å². The van der Waals surface area contributed by atoms with Gasteiger partial charge in [-0.05, 0) is 81.5 Å². The zero-order chi connectivity index (χ0) is 14.9. The zero-order valence-electron chi connectivity index (χ0n) is 14.1. The van der Waals surface area contributed by atoms with E-state index in [1.54, 1.807) is 0 Å². The molecule has 2 saturated carbocycles. The minimum atomic E-state index is 0.799. The van der Waals surface area contributed by atoms with Crippen LogP contribution in [0.15, 0.2) is 12.3 Å². The molecule has 0 amide bonds. The van der Waals surface area contributed by atoms with Crippen molar-refractivity contribution < 1.29 is 9.47 Å². The highest BCUT2D eigenvalue weighted by molar-refractivity contribution is 4.82. The van der Waals surface area contributed by atoms with Gasteiger partial charge in [-0.3, -0.25) is 0 Å². The summed E-state index contributed by atoms with van der Waals surface area (Å²) in [5.74, 6) is 3.63. The van der Waals surface area contributed by atoms with Crippen molar-refractivity contribution in [3.63, 3.8) is 0 Å². The standard InChI is InChI=1S/C19H34O2/c1-3-4-13-21-15-17-7-11-19(12-8-17)18-9-5-16(6-10-18)14-20-2/h4,13,16-19H,3,5-12,14-15H2,1-2H3. The van der Waals surface area contributed by atoms with Crippen LogP contribution in [0.25, 0.3) is 0 Å². The Bertz CT molecular complexity index is 284. The van der Waals surface area contributed by atoms with Crippen LogP contribution in [0.5, 0.6) is 0 Å². The summed E-state index contributed by atoms with van der Waals surface area (Å²) in [7, 11) is 1.84. The largest absolute Gasteiger partial charge is 0.501 e. The zero-order valence-corrected chi connectivity index (χ0v) is 14.1. The van der Waals surface area contributed by atoms with Crippen LogP contribution < -0.4 is 0 Å². The molecule has 2 heteroatoms. The van der Waals surface area contributed by atoms with Gasteiger partial charge in [0, 0.05) is 13.7 Å². The van der Waals surface area contributed by atoms with E-state index in [0.29, 0.717) is 0 Å². The molecule has 0 atom stereocenters. The molecule has 0 aromatic rings. The minimum absolute atomic E-state index is 0.799. The Morgan fingerprint density at radius 3 is 1.81 bits per heavy atom. The Kier molecular flexibility index (Phi) is 7.63. The number of rotatable bonds is 7. The summed E-state index contributed by atoms with van der Waals surface area (Å²) in [4.78, 5) is 0. The fourth-order valence-corrected chi connectivity index (χ4v) is 4.24. The first kappa shape index (κ1) is 16.9. The highest BCUT2D eigenvalue weighted by Crippen LogP contribution is 2.41. The minimum Gasteiger partial charge on any atom is -0.501 e. The predicted molar refractivity (Wildman–Crippen MR) is 88.2 cm³/mol. The average Bonchev–Trinajstić information content (AvgIpc) is 2.53. The Balaban J connectivity index is 1.62. The SMILES string of the molecule is CCC=COCC1CCC(C2CCC(COC)CC2)CC1. The predicted octanol–water partition coefficient (Wildman–Crippen LogP) is 5.19. The lowest BCUT2D eigenvalue weighted by Crippen LogP contribution is -2.27. The van der Waals surface area contributed by atoms with E-state index < -0.39 is 0 Å². The van der Waals surface area contributed by atoms with Gasteiger partial charge in [0.15, 0.2) is 0 Å². The van der Waals surface area contributed by atoms with Gasteiger partial charge < -0.3 is 9.47 Å². The highest BCUT2D eigenvalue weighted by atomic mass is 16.5. The van der Waals surface area contributed by atoms with Crippen molar-refractivity contribution in [1.82, 2.24) is 0 Å². The van der Waals surface area contributed by atoms with Crippen LogP contribution in [-0.4, -0.2) is 20.3 Å². The molecule has 2 fully saturated rings. The van der Waals surface area contributed by atoms with Crippen LogP contribution in [0.4, 0.5) is 0 Å². The van der Waals surface area contributed by atoms with Gasteiger partial charge in [0.25, 0.3) is 0 Å². The summed E-state index contributed by atoms with van der Waals surface area (Å²) in [5, 5.41) is 0. The molecule has 21 heavy (non-hydrogen) atoms. The number of methoxy groups -OCH3 is 1. The first-order chi connectivity index (χ1) is 10.3. The van der Waals surface area contributed by atoms with Crippen molar-refractivity contribution in [3.05, 3.63) is 12.3 Å². The molecule has 0 radical (unpaired) electrons. The topological polar surface area (TPSA) is 18.5 Å². The first-order valence-corrected chi connectivity index (χ1v) is 9.09. The second-order valence-electron chi connectivity index (χ2n) is 7.13. The quantitative estimate of drug-likeness (QED) is 0.602. The highest BCUT2D eigenvalue weighted by Gasteiger charge is 2.30. The number of hydrogen-bond acceptors (Lipinski definition) is 2. The van der Waals surface area contributed by atoms with Gasteiger partial charge >= 0.3 is 0 Å². The van der Waals surface area contributed by atoms with Crippen LogP contribution in [0, 0.1) is 23.7 Å². The van der Waals surface area contributed by atoms with E-state index in [0.717, 1.165) is 43.3 Å². The molecule has 0 unspecified atom stereocenters. The van der Waals surface area contributed by atoms with E-state index >= 15 is 0 Å². The Morgan fingerprint density at radius 1 is 0.810 bits per heavy atom. The fourth-order valence-electron chi connectivity index (χ4n) is 4.24. The van der Waals surface area contributed by atoms with Crippen molar-refractivity contribution in [1.29, 1.82) is 0 Å². The van der Waals surface area contributed by atoms with Gasteiger partial charge in [-0.2, -0.15) is 0 Å². The maximum Gasteiger partial charge on any atom is 0.0901 e. The molecule has 0 bridgehead atoms. The van der Waals surface area contributed by atoms with Crippen LogP contribution in [0.3, 0.4) is 0 Å². The van der Waals surface area contributed by atoms with Gasteiger partial charge in [0.1, 0.15) is 0 Å². The molecule has 2 rings (SSSR count). The van der Waals surface area contributed by atoms with Crippen molar-refractivity contribution in [2.24, 2.45) is 23.7 Å². The van der Waals surface area contributed by atoms with E-state index in [-0.39, 0.29) is 0 Å². The molecule has 0 N–H and O–H groups in total. The van der Waals surface area contributed by atoms with E-state index in [1.165, 1.54) is 51.4 Å². The Morgan fingerprint density at radius 2 is 1.33 bits per heavy atom. The maximum atomic E-state index is 5.64. The molecule has 122 valence electrons. The summed E-state index contributed by atoms with van der Waals surface area (Å²) in [6.45, 7) is 4.05. The second-order valence-corrected chi connectivity index (χ2v) is 7.13. The molecule has 0 heterocycles. The molecular weight excluding hydrogens is 260 g/mol. The third-order valence-corrected chi connectivity index (χ3v) is 5.61. The smallest absolute Gasteiger partial charge is 0.0901 e. The van der Waals surface area contributed by atoms with E-state index in [2.05, 4.69) is 13.0 Å². The Hall–Kier alpha value is -0.500. The number of hydrogen-bond donors (Lipinski definition) is 0. The molecule has 0 spiro atoms. The molecular formula is C19H34O2. The van der Waals surface area contributed by atoms with Gasteiger partial charge in [0.05, 0.1) is 12.9 Å². The maximum absolute atomic E-state index is 5.64. The molecule has 2 nitrogen and oxygen atoms in total. The fraction of sp³-hybridized carbons (Fsp3) is 0.895. The summed E-state index contributed by atoms with van der Waals surface area (Å²) < 4.78 is 11.0. The molecule has 2 aliphatic carbocycles. The van der Waals surface area contributed by atoms with E-state index in [4.69, 9.17) is 9.47 Å². The van der Waals surface area contributed by atoms with Crippen LogP contribution in [0.2, 0.25) is 0 Å². The van der Waals surface area contributed by atoms with E-state index in [9.17, 15) is 0 Å². The van der Waals surface area contributed by atoms with Crippen molar-refractivity contribution in [3.8, 4) is 0 Å². The van der Waals surface area contributed by atoms with Crippen molar-refractivity contribution in [2.45, 2.75) is 64.7 Å². The van der Waals surface area contributed by atoms with Gasteiger partial charge in [-0.25, -0.2) is 0 Å². The molecule has 2 aliphatic rings. The van der Waals surface area contributed by atoms with Gasteiger partial charge in [0.2, 0.25) is 0 Å². The lowest BCUT2D eigenvalue weighted by molar-refractivity contribution is 0.0834. The molecule has 0 aromatic heterocycles.